The molecule has 210 valence electrons. The maximum atomic E-state index is 13.1. The van der Waals surface area contributed by atoms with Gasteiger partial charge in [-0.3, -0.25) is 19.2 Å². The largest absolute Gasteiger partial charge is 0.492 e. The van der Waals surface area contributed by atoms with Gasteiger partial charge in [-0.2, -0.15) is 0 Å². The number of amides is 4. The number of benzene rings is 2. The smallest absolute Gasteiger partial charge is 0.255 e. The number of carbonyl (C=O) groups is 4. The lowest BCUT2D eigenvalue weighted by Gasteiger charge is -2.27. The second-order valence-corrected chi connectivity index (χ2v) is 9.68. The fourth-order valence-corrected chi connectivity index (χ4v) is 4.02. The quantitative estimate of drug-likeness (QED) is 0.459. The standard InChI is InChI=1S/C28H35FN4O6/c1-18(2)16-23-28(37)33(3)13-15-39-24-7-5-4-6-21(24)26(35)32-22(17-25(34)31-23)27(36)30-12-14-38-20-10-8-19(29)9-11-20/h4-11,18,22-23H,12-17H2,1-3H3,(H,30,36)(H,31,34)(H,32,35)/t22-,23+/m0/s1. The highest BCUT2D eigenvalue weighted by atomic mass is 19.1. The summed E-state index contributed by atoms with van der Waals surface area (Å²) in [7, 11) is 1.62. The number of halogens is 1. The molecule has 1 aliphatic heterocycles. The molecule has 0 fully saturated rings. The van der Waals surface area contributed by atoms with Crippen LogP contribution in [0.2, 0.25) is 0 Å². The highest BCUT2D eigenvalue weighted by Gasteiger charge is 2.30. The summed E-state index contributed by atoms with van der Waals surface area (Å²) in [5.74, 6) is -1.55. The molecular weight excluding hydrogens is 507 g/mol. The van der Waals surface area contributed by atoms with E-state index in [-0.39, 0.29) is 50.1 Å². The Bertz CT molecular complexity index is 1160. The van der Waals surface area contributed by atoms with Gasteiger partial charge in [-0.05, 0) is 48.7 Å². The maximum Gasteiger partial charge on any atom is 0.255 e. The lowest BCUT2D eigenvalue weighted by Crippen LogP contribution is -2.53. The minimum Gasteiger partial charge on any atom is -0.492 e. The Hall–Kier alpha value is -4.15. The van der Waals surface area contributed by atoms with Crippen LogP contribution in [-0.4, -0.2) is 74.0 Å². The monoisotopic (exact) mass is 542 g/mol. The van der Waals surface area contributed by atoms with Crippen molar-refractivity contribution in [1.82, 2.24) is 20.9 Å². The van der Waals surface area contributed by atoms with Gasteiger partial charge in [-0.1, -0.05) is 26.0 Å². The highest BCUT2D eigenvalue weighted by Crippen LogP contribution is 2.19. The molecule has 2 aromatic rings. The topological polar surface area (TPSA) is 126 Å². The van der Waals surface area contributed by atoms with Crippen molar-refractivity contribution in [3.63, 3.8) is 0 Å². The molecule has 0 aliphatic carbocycles. The van der Waals surface area contributed by atoms with Gasteiger partial charge < -0.3 is 30.3 Å². The number of nitrogens with one attached hydrogen (secondary N) is 3. The van der Waals surface area contributed by atoms with E-state index in [0.29, 0.717) is 17.9 Å². The number of fused-ring (bicyclic) bond motifs is 1. The molecule has 0 spiro atoms. The first-order valence-electron chi connectivity index (χ1n) is 12.9. The summed E-state index contributed by atoms with van der Waals surface area (Å²) >= 11 is 0. The van der Waals surface area contributed by atoms with Gasteiger partial charge in [0.2, 0.25) is 17.7 Å². The Labute approximate surface area is 227 Å². The van der Waals surface area contributed by atoms with E-state index in [2.05, 4.69) is 16.0 Å². The van der Waals surface area contributed by atoms with Crippen molar-refractivity contribution in [2.24, 2.45) is 5.92 Å². The molecule has 1 heterocycles. The molecule has 0 unspecified atom stereocenters. The van der Waals surface area contributed by atoms with Gasteiger partial charge >= 0.3 is 0 Å². The minimum atomic E-state index is -1.23. The molecule has 0 saturated carbocycles. The Morgan fingerprint density at radius 1 is 1.13 bits per heavy atom. The molecule has 0 saturated heterocycles. The van der Waals surface area contributed by atoms with Gasteiger partial charge in [-0.25, -0.2) is 4.39 Å². The Kier molecular flexibility index (Phi) is 10.7. The third-order valence-corrected chi connectivity index (χ3v) is 6.03. The van der Waals surface area contributed by atoms with Gasteiger partial charge in [0.25, 0.3) is 5.91 Å². The Morgan fingerprint density at radius 2 is 1.85 bits per heavy atom. The predicted molar refractivity (Wildman–Crippen MR) is 142 cm³/mol. The lowest BCUT2D eigenvalue weighted by molar-refractivity contribution is -0.136. The molecule has 0 bridgehead atoms. The van der Waals surface area contributed by atoms with Crippen LogP contribution in [0.25, 0.3) is 0 Å². The average Bonchev–Trinajstić information content (AvgIpc) is 2.90. The van der Waals surface area contributed by atoms with Crippen LogP contribution in [0.3, 0.4) is 0 Å². The van der Waals surface area contributed by atoms with Gasteiger partial charge in [0.1, 0.15) is 42.6 Å². The van der Waals surface area contributed by atoms with Gasteiger partial charge in [0.15, 0.2) is 0 Å². The molecule has 2 aromatic carbocycles. The number of likely N-dealkylation sites (N-methyl/N-ethyl adjacent to an activating group) is 1. The summed E-state index contributed by atoms with van der Waals surface area (Å²) < 4.78 is 24.4. The summed E-state index contributed by atoms with van der Waals surface area (Å²) in [6, 6.07) is 9.97. The third-order valence-electron chi connectivity index (χ3n) is 6.03. The van der Waals surface area contributed by atoms with Crippen LogP contribution in [0.5, 0.6) is 11.5 Å². The van der Waals surface area contributed by atoms with Crippen LogP contribution < -0.4 is 25.4 Å². The van der Waals surface area contributed by atoms with E-state index >= 15 is 0 Å². The zero-order chi connectivity index (χ0) is 28.4. The number of nitrogens with zero attached hydrogens (tertiary/aromatic N) is 1. The summed E-state index contributed by atoms with van der Waals surface area (Å²) in [4.78, 5) is 53.8. The molecule has 39 heavy (non-hydrogen) atoms. The number of para-hydroxylation sites is 1. The molecular formula is C28H35FN4O6. The molecule has 0 aromatic heterocycles. The van der Waals surface area contributed by atoms with Crippen LogP contribution in [0.1, 0.15) is 37.0 Å². The van der Waals surface area contributed by atoms with E-state index in [1.165, 1.54) is 29.2 Å². The summed E-state index contributed by atoms with van der Waals surface area (Å²) in [5, 5.41) is 8.02. The van der Waals surface area contributed by atoms with E-state index in [0.717, 1.165) is 0 Å². The van der Waals surface area contributed by atoms with Crippen LogP contribution in [0, 0.1) is 11.7 Å². The summed E-state index contributed by atoms with van der Waals surface area (Å²) in [6.45, 7) is 4.42. The van der Waals surface area contributed by atoms with Gasteiger partial charge in [0, 0.05) is 7.05 Å². The van der Waals surface area contributed by atoms with E-state index < -0.39 is 35.6 Å². The lowest BCUT2D eigenvalue weighted by atomic mass is 10.0. The predicted octanol–water partition coefficient (Wildman–Crippen LogP) is 1.89. The third kappa shape index (κ3) is 8.98. The van der Waals surface area contributed by atoms with Gasteiger partial charge in [0.05, 0.1) is 25.1 Å². The molecule has 11 heteroatoms. The van der Waals surface area contributed by atoms with E-state index in [1.54, 1.807) is 31.3 Å². The van der Waals surface area contributed by atoms with E-state index in [9.17, 15) is 23.6 Å². The fraction of sp³-hybridized carbons (Fsp3) is 0.429. The second-order valence-electron chi connectivity index (χ2n) is 9.68. The van der Waals surface area contributed by atoms with Crippen LogP contribution in [-0.2, 0) is 14.4 Å². The zero-order valence-corrected chi connectivity index (χ0v) is 22.4. The van der Waals surface area contributed by atoms with Crippen molar-refractivity contribution in [2.45, 2.75) is 38.8 Å². The maximum absolute atomic E-state index is 13.1. The Balaban J connectivity index is 1.76. The highest BCUT2D eigenvalue weighted by molar-refractivity contribution is 6.01. The molecule has 4 amide bonds. The van der Waals surface area contributed by atoms with E-state index in [4.69, 9.17) is 9.47 Å². The molecule has 3 N–H and O–H groups in total. The van der Waals surface area contributed by atoms with Crippen molar-refractivity contribution < 1.29 is 33.0 Å². The number of rotatable bonds is 7. The SMILES string of the molecule is CC(C)C[C@H]1NC(=O)C[C@@H](C(=O)NCCOc2ccc(F)cc2)NC(=O)c2ccccc2OCCN(C)C1=O. The van der Waals surface area contributed by atoms with Crippen molar-refractivity contribution in [1.29, 1.82) is 0 Å². The van der Waals surface area contributed by atoms with Crippen molar-refractivity contribution in [3.05, 3.63) is 59.9 Å². The van der Waals surface area contributed by atoms with Crippen LogP contribution in [0.15, 0.2) is 48.5 Å². The number of hydrogen-bond donors (Lipinski definition) is 3. The average molecular weight is 543 g/mol. The molecule has 1 aliphatic rings. The molecule has 2 atom stereocenters. The minimum absolute atomic E-state index is 0.0726. The van der Waals surface area contributed by atoms with Crippen LogP contribution >= 0.6 is 0 Å². The Morgan fingerprint density at radius 3 is 2.56 bits per heavy atom. The summed E-state index contributed by atoms with van der Waals surface area (Å²) in [6.07, 6.45) is 0.0214. The number of carbonyl (C=O) groups excluding carboxylic acids is 4. The molecule has 3 rings (SSSR count). The first-order valence-corrected chi connectivity index (χ1v) is 12.9. The zero-order valence-electron chi connectivity index (χ0n) is 22.4. The summed E-state index contributed by atoms with van der Waals surface area (Å²) in [5.41, 5.74) is 0.194. The number of hydrogen-bond acceptors (Lipinski definition) is 6. The van der Waals surface area contributed by atoms with E-state index in [1.807, 2.05) is 13.8 Å². The molecule has 0 radical (unpaired) electrons. The number of ether oxygens (including phenoxy) is 2. The first-order chi connectivity index (χ1) is 18.6. The van der Waals surface area contributed by atoms with Crippen molar-refractivity contribution in [2.75, 3.05) is 33.4 Å². The van der Waals surface area contributed by atoms with Crippen molar-refractivity contribution in [3.8, 4) is 11.5 Å². The first kappa shape index (κ1) is 29.4. The normalized spacial score (nSPS) is 18.8. The molecule has 10 nitrogen and oxygen atoms in total. The van der Waals surface area contributed by atoms with Gasteiger partial charge in [-0.15, -0.1) is 0 Å². The fourth-order valence-electron chi connectivity index (χ4n) is 4.02. The van der Waals surface area contributed by atoms with Crippen molar-refractivity contribution >= 4 is 23.6 Å². The van der Waals surface area contributed by atoms with Crippen LogP contribution in [0.4, 0.5) is 4.39 Å². The second kappa shape index (κ2) is 14.1.